The first-order valence-electron chi connectivity index (χ1n) is 6.26. The van der Waals surface area contributed by atoms with Gasteiger partial charge in [0.25, 0.3) is 0 Å². The smallest absolute Gasteiger partial charge is 0.179 e. The Morgan fingerprint density at radius 1 is 1.25 bits per heavy atom. The Hall–Kier alpha value is -0.630. The van der Waals surface area contributed by atoms with Gasteiger partial charge >= 0.3 is 0 Å². The van der Waals surface area contributed by atoms with E-state index < -0.39 is 0 Å². The van der Waals surface area contributed by atoms with E-state index in [0.29, 0.717) is 6.54 Å². The first-order chi connectivity index (χ1) is 9.71. The number of hydrogen-bond acceptors (Lipinski definition) is 6. The van der Waals surface area contributed by atoms with Crippen LogP contribution in [-0.2, 0) is 6.54 Å². The third-order valence-corrected chi connectivity index (χ3v) is 5.38. The molecule has 1 aromatic heterocycles. The molecule has 0 atom stereocenters. The van der Waals surface area contributed by atoms with Crippen LogP contribution in [0, 0.1) is 5.82 Å². The van der Waals surface area contributed by atoms with Gasteiger partial charge in [-0.15, -0.1) is 10.2 Å². The van der Waals surface area contributed by atoms with Gasteiger partial charge in [-0.3, -0.25) is 0 Å². The molecule has 7 heteroatoms. The Morgan fingerprint density at radius 2 is 2.05 bits per heavy atom. The van der Waals surface area contributed by atoms with E-state index in [-0.39, 0.29) is 5.82 Å². The fourth-order valence-corrected chi connectivity index (χ4v) is 4.13. The predicted molar refractivity (Wildman–Crippen MR) is 84.2 cm³/mol. The number of hydrogen-bond donors (Lipinski definition) is 1. The summed E-state index contributed by atoms with van der Waals surface area (Å²) < 4.78 is 15.4. The minimum atomic E-state index is -0.210. The van der Waals surface area contributed by atoms with Crippen LogP contribution < -0.4 is 5.32 Å². The normalized spacial score (nSPS) is 10.9. The summed E-state index contributed by atoms with van der Waals surface area (Å²) in [6.45, 7) is 3.73. The Kier molecular flexibility index (Phi) is 6.28. The maximum Gasteiger partial charge on any atom is 0.179 e. The van der Waals surface area contributed by atoms with Gasteiger partial charge in [0.15, 0.2) is 8.68 Å². The van der Waals surface area contributed by atoms with Crippen molar-refractivity contribution in [1.29, 1.82) is 0 Å². The maximum absolute atomic E-state index is 13.6. The average molecular weight is 329 g/mol. The van der Waals surface area contributed by atoms with Gasteiger partial charge in [-0.2, -0.15) is 0 Å². The first-order valence-corrected chi connectivity index (χ1v) is 9.12. The SMILES string of the molecule is CCCNCc1cc(F)cc(Sc2nnc(SC)s2)c1. The second kappa shape index (κ2) is 7.97. The number of nitrogens with zero attached hydrogens (tertiary/aromatic N) is 2. The third-order valence-electron chi connectivity index (χ3n) is 2.45. The van der Waals surface area contributed by atoms with E-state index in [1.165, 1.54) is 29.2 Å². The molecule has 0 unspecified atom stereocenters. The molecule has 3 nitrogen and oxygen atoms in total. The van der Waals surface area contributed by atoms with E-state index >= 15 is 0 Å². The van der Waals surface area contributed by atoms with Gasteiger partial charge < -0.3 is 5.32 Å². The molecule has 2 rings (SSSR count). The van der Waals surface area contributed by atoms with E-state index in [4.69, 9.17) is 0 Å². The van der Waals surface area contributed by atoms with Crippen LogP contribution in [0.15, 0.2) is 31.8 Å². The summed E-state index contributed by atoms with van der Waals surface area (Å²) in [4.78, 5) is 0.863. The number of halogens is 1. The molecule has 20 heavy (non-hydrogen) atoms. The zero-order chi connectivity index (χ0) is 14.4. The third kappa shape index (κ3) is 4.73. The molecule has 108 valence electrons. The molecule has 0 radical (unpaired) electrons. The topological polar surface area (TPSA) is 37.8 Å². The Labute approximate surface area is 130 Å². The highest BCUT2D eigenvalue weighted by molar-refractivity contribution is 8.03. The van der Waals surface area contributed by atoms with Crippen LogP contribution in [0.5, 0.6) is 0 Å². The molecule has 0 fully saturated rings. The van der Waals surface area contributed by atoms with Crippen LogP contribution >= 0.6 is 34.9 Å². The first kappa shape index (κ1) is 15.8. The molecule has 1 N–H and O–H groups in total. The Bertz CT molecular complexity index is 560. The van der Waals surface area contributed by atoms with Gasteiger partial charge in [0.05, 0.1) is 0 Å². The van der Waals surface area contributed by atoms with Crippen LogP contribution in [0.3, 0.4) is 0 Å². The number of benzene rings is 1. The van der Waals surface area contributed by atoms with Crippen molar-refractivity contribution >= 4 is 34.9 Å². The summed E-state index contributed by atoms with van der Waals surface area (Å²) in [6, 6.07) is 5.10. The van der Waals surface area contributed by atoms with E-state index in [1.54, 1.807) is 17.8 Å². The summed E-state index contributed by atoms with van der Waals surface area (Å²) >= 11 is 4.55. The molecule has 2 aromatic rings. The van der Waals surface area contributed by atoms with Gasteiger partial charge in [-0.05, 0) is 43.0 Å². The average Bonchev–Trinajstić information content (AvgIpc) is 2.86. The molecule has 0 bridgehead atoms. The van der Waals surface area contributed by atoms with Crippen molar-refractivity contribution in [2.75, 3.05) is 12.8 Å². The molecule has 0 aliphatic carbocycles. The zero-order valence-corrected chi connectivity index (χ0v) is 13.8. The lowest BCUT2D eigenvalue weighted by Gasteiger charge is -2.06. The van der Waals surface area contributed by atoms with Crippen molar-refractivity contribution in [3.05, 3.63) is 29.6 Å². The van der Waals surface area contributed by atoms with Crippen molar-refractivity contribution in [1.82, 2.24) is 15.5 Å². The fraction of sp³-hybridized carbons (Fsp3) is 0.385. The summed E-state index contributed by atoms with van der Waals surface area (Å²) in [5.74, 6) is -0.210. The quantitative estimate of drug-likeness (QED) is 0.613. The molecule has 1 heterocycles. The summed E-state index contributed by atoms with van der Waals surface area (Å²) in [5, 5.41) is 11.4. The lowest BCUT2D eigenvalue weighted by molar-refractivity contribution is 0.615. The van der Waals surface area contributed by atoms with Crippen LogP contribution in [-0.4, -0.2) is 23.0 Å². The largest absolute Gasteiger partial charge is 0.313 e. The highest BCUT2D eigenvalue weighted by Gasteiger charge is 2.07. The van der Waals surface area contributed by atoms with Gasteiger partial charge in [0, 0.05) is 11.4 Å². The van der Waals surface area contributed by atoms with Crippen LogP contribution in [0.25, 0.3) is 0 Å². The molecule has 0 aliphatic heterocycles. The monoisotopic (exact) mass is 329 g/mol. The van der Waals surface area contributed by atoms with Gasteiger partial charge in [0.2, 0.25) is 0 Å². The van der Waals surface area contributed by atoms with E-state index in [2.05, 4.69) is 22.4 Å². The molecule has 0 saturated heterocycles. The summed E-state index contributed by atoms with van der Waals surface area (Å²) in [5.41, 5.74) is 0.954. The fourth-order valence-electron chi connectivity index (χ4n) is 1.61. The molecule has 0 spiro atoms. The minimum absolute atomic E-state index is 0.210. The van der Waals surface area contributed by atoms with E-state index in [9.17, 15) is 4.39 Å². The molecule has 0 amide bonds. The van der Waals surface area contributed by atoms with Crippen molar-refractivity contribution in [2.24, 2.45) is 0 Å². The standard InChI is InChI=1S/C13H16FN3S3/c1-3-4-15-8-9-5-10(14)7-11(6-9)19-13-17-16-12(18-2)20-13/h5-7,15H,3-4,8H2,1-2H3. The molecule has 1 aromatic carbocycles. The lowest BCUT2D eigenvalue weighted by atomic mass is 10.2. The van der Waals surface area contributed by atoms with Gasteiger partial charge in [-0.25, -0.2) is 4.39 Å². The van der Waals surface area contributed by atoms with Gasteiger partial charge in [0.1, 0.15) is 5.82 Å². The van der Waals surface area contributed by atoms with E-state index in [1.807, 2.05) is 12.3 Å². The molecular weight excluding hydrogens is 313 g/mol. The summed E-state index contributed by atoms with van der Waals surface area (Å²) in [6.07, 6.45) is 3.04. The summed E-state index contributed by atoms with van der Waals surface area (Å²) in [7, 11) is 0. The number of rotatable bonds is 7. The van der Waals surface area contributed by atoms with Crippen molar-refractivity contribution in [3.63, 3.8) is 0 Å². The van der Waals surface area contributed by atoms with Crippen molar-refractivity contribution in [3.8, 4) is 0 Å². The zero-order valence-electron chi connectivity index (χ0n) is 11.4. The number of nitrogens with one attached hydrogen (secondary N) is 1. The molecular formula is C13H16FN3S3. The van der Waals surface area contributed by atoms with Crippen molar-refractivity contribution < 1.29 is 4.39 Å². The van der Waals surface area contributed by atoms with Crippen molar-refractivity contribution in [2.45, 2.75) is 33.5 Å². The van der Waals surface area contributed by atoms with Gasteiger partial charge in [-0.1, -0.05) is 41.8 Å². The number of aromatic nitrogens is 2. The Balaban J connectivity index is 2.06. The van der Waals surface area contributed by atoms with Crippen LogP contribution in [0.2, 0.25) is 0 Å². The van der Waals surface area contributed by atoms with Crippen LogP contribution in [0.1, 0.15) is 18.9 Å². The van der Waals surface area contributed by atoms with E-state index in [0.717, 1.165) is 32.1 Å². The highest BCUT2D eigenvalue weighted by atomic mass is 32.2. The second-order valence-electron chi connectivity index (χ2n) is 4.11. The second-order valence-corrected chi connectivity index (χ2v) is 7.46. The number of thioether (sulfide) groups is 1. The Morgan fingerprint density at radius 3 is 2.75 bits per heavy atom. The van der Waals surface area contributed by atoms with Crippen LogP contribution in [0.4, 0.5) is 4.39 Å². The predicted octanol–water partition coefficient (Wildman–Crippen LogP) is 4.05. The molecule has 0 aliphatic rings. The maximum atomic E-state index is 13.6. The highest BCUT2D eigenvalue weighted by Crippen LogP contribution is 2.33. The molecule has 0 saturated carbocycles. The lowest BCUT2D eigenvalue weighted by Crippen LogP contribution is -2.13. The minimum Gasteiger partial charge on any atom is -0.313 e.